The number of hydrogen-bond acceptors (Lipinski definition) is 3. The van der Waals surface area contributed by atoms with Crippen molar-refractivity contribution in [1.29, 1.82) is 0 Å². The van der Waals surface area contributed by atoms with Crippen molar-refractivity contribution in [3.63, 3.8) is 0 Å². The molecular formula is C35H48N2O2. The van der Waals surface area contributed by atoms with Crippen LogP contribution < -0.4 is 10.5 Å². The molecule has 5 unspecified atom stereocenters. The van der Waals surface area contributed by atoms with Gasteiger partial charge >= 0.3 is 0 Å². The molecule has 1 aliphatic carbocycles. The molecule has 2 aromatic rings. The molecule has 2 aliphatic heterocycles. The predicted molar refractivity (Wildman–Crippen MR) is 163 cm³/mol. The Morgan fingerprint density at radius 3 is 2.56 bits per heavy atom. The van der Waals surface area contributed by atoms with Gasteiger partial charge in [0.1, 0.15) is 5.75 Å². The SMILES string of the molecule is CCC1CC=Nc2c(C(N)=O)c(C(C)CCCCCC(C)C(C)C)cc(-c3ccc4c(c3)C3CCC3CO4)c21. The smallest absolute Gasteiger partial charge is 0.251 e. The molecule has 0 bridgehead atoms. The molecule has 0 aromatic heterocycles. The first kappa shape index (κ1) is 27.9. The lowest BCUT2D eigenvalue weighted by Crippen LogP contribution is -2.33. The molecule has 1 saturated carbocycles. The lowest BCUT2D eigenvalue weighted by atomic mass is 9.68. The van der Waals surface area contributed by atoms with E-state index in [1.807, 2.05) is 6.21 Å². The molecule has 1 fully saturated rings. The summed E-state index contributed by atoms with van der Waals surface area (Å²) in [5.41, 5.74) is 13.6. The number of primary amides is 1. The van der Waals surface area contributed by atoms with E-state index in [4.69, 9.17) is 15.5 Å². The number of benzene rings is 2. The number of nitrogens with two attached hydrogens (primary N) is 1. The summed E-state index contributed by atoms with van der Waals surface area (Å²) in [7, 11) is 0. The molecule has 0 saturated heterocycles. The Balaban J connectivity index is 1.50. The summed E-state index contributed by atoms with van der Waals surface area (Å²) in [5.74, 6) is 4.07. The molecule has 4 nitrogen and oxygen atoms in total. The summed E-state index contributed by atoms with van der Waals surface area (Å²) in [4.78, 5) is 17.8. The predicted octanol–water partition coefficient (Wildman–Crippen LogP) is 9.28. The molecule has 0 spiro atoms. The van der Waals surface area contributed by atoms with Gasteiger partial charge in [0.05, 0.1) is 17.9 Å². The van der Waals surface area contributed by atoms with Gasteiger partial charge in [-0.05, 0) is 108 Å². The monoisotopic (exact) mass is 528 g/mol. The van der Waals surface area contributed by atoms with Gasteiger partial charge in [0.2, 0.25) is 0 Å². The van der Waals surface area contributed by atoms with Gasteiger partial charge in [-0.2, -0.15) is 0 Å². The fraction of sp³-hybridized carbons (Fsp3) is 0.600. The first-order valence-corrected chi connectivity index (χ1v) is 15.6. The summed E-state index contributed by atoms with van der Waals surface area (Å²) in [6.07, 6.45) is 12.4. The molecule has 2 aromatic carbocycles. The molecule has 210 valence electrons. The number of aliphatic imine (C=N–C) groups is 1. The van der Waals surface area contributed by atoms with E-state index in [1.54, 1.807) is 0 Å². The highest BCUT2D eigenvalue weighted by Crippen LogP contribution is 2.52. The Morgan fingerprint density at radius 1 is 1.08 bits per heavy atom. The number of nitrogens with zero attached hydrogens (tertiary/aromatic N) is 1. The largest absolute Gasteiger partial charge is 0.493 e. The van der Waals surface area contributed by atoms with Gasteiger partial charge in [0.15, 0.2) is 0 Å². The fourth-order valence-electron chi connectivity index (χ4n) is 6.99. The molecule has 1 amide bonds. The normalized spacial score (nSPS) is 22.8. The zero-order chi connectivity index (χ0) is 27.7. The second kappa shape index (κ2) is 11.9. The van der Waals surface area contributed by atoms with Crippen molar-refractivity contribution in [2.75, 3.05) is 6.61 Å². The second-order valence-corrected chi connectivity index (χ2v) is 12.9. The van der Waals surface area contributed by atoms with E-state index >= 15 is 0 Å². The van der Waals surface area contributed by atoms with Gasteiger partial charge in [-0.25, -0.2) is 0 Å². The minimum atomic E-state index is -0.351. The zero-order valence-corrected chi connectivity index (χ0v) is 24.8. The van der Waals surface area contributed by atoms with Crippen molar-refractivity contribution in [3.05, 3.63) is 46.5 Å². The highest BCUT2D eigenvalue weighted by atomic mass is 16.5. The lowest BCUT2D eigenvalue weighted by Gasteiger charge is -2.41. The summed E-state index contributed by atoms with van der Waals surface area (Å²) in [6, 6.07) is 9.06. The van der Waals surface area contributed by atoms with E-state index in [1.165, 1.54) is 54.4 Å². The van der Waals surface area contributed by atoms with Crippen LogP contribution >= 0.6 is 0 Å². The topological polar surface area (TPSA) is 64.7 Å². The maximum atomic E-state index is 13.0. The van der Waals surface area contributed by atoms with E-state index in [2.05, 4.69) is 58.9 Å². The highest BCUT2D eigenvalue weighted by Gasteiger charge is 2.38. The molecular weight excluding hydrogens is 480 g/mol. The van der Waals surface area contributed by atoms with Gasteiger partial charge in [0.25, 0.3) is 5.91 Å². The van der Waals surface area contributed by atoms with Crippen molar-refractivity contribution in [1.82, 2.24) is 0 Å². The number of hydrogen-bond donors (Lipinski definition) is 1. The van der Waals surface area contributed by atoms with Crippen LogP contribution in [0.4, 0.5) is 5.69 Å². The fourth-order valence-corrected chi connectivity index (χ4v) is 6.99. The standard InChI is InChI=1S/C35H48N2O2/c1-6-24-16-17-37-34-32(24)29(25-13-15-31-30(18-25)27-14-12-26(27)20-39-31)19-28(33(34)35(36)38)23(5)11-9-7-8-10-22(4)21(2)3/h13,15,17-19,21-24,26-27H,6-12,14,16,20H2,1-5H3,(H2,36,38). The Bertz CT molecular complexity index is 1230. The first-order valence-electron chi connectivity index (χ1n) is 15.6. The highest BCUT2D eigenvalue weighted by molar-refractivity contribution is 6.03. The van der Waals surface area contributed by atoms with Crippen LogP contribution in [0.15, 0.2) is 29.3 Å². The van der Waals surface area contributed by atoms with Crippen LogP contribution in [0.5, 0.6) is 5.75 Å². The van der Waals surface area contributed by atoms with Crippen molar-refractivity contribution >= 4 is 17.8 Å². The minimum absolute atomic E-state index is 0.244. The number of ether oxygens (including phenoxy) is 1. The Morgan fingerprint density at radius 2 is 1.87 bits per heavy atom. The van der Waals surface area contributed by atoms with Gasteiger partial charge in [0, 0.05) is 12.1 Å². The average molecular weight is 529 g/mol. The number of carbonyl (C=O) groups excluding carboxylic acids is 1. The number of rotatable bonds is 11. The Labute approximate surface area is 235 Å². The number of carbonyl (C=O) groups is 1. The maximum Gasteiger partial charge on any atom is 0.251 e. The molecule has 3 aliphatic rings. The summed E-state index contributed by atoms with van der Waals surface area (Å²) in [6.45, 7) is 12.3. The molecule has 5 atom stereocenters. The van der Waals surface area contributed by atoms with E-state index in [-0.39, 0.29) is 11.8 Å². The molecule has 2 heterocycles. The number of amides is 1. The third-order valence-electron chi connectivity index (χ3n) is 10.2. The minimum Gasteiger partial charge on any atom is -0.493 e. The van der Waals surface area contributed by atoms with Gasteiger partial charge in [-0.15, -0.1) is 0 Å². The third kappa shape index (κ3) is 5.54. The summed E-state index contributed by atoms with van der Waals surface area (Å²) < 4.78 is 6.12. The maximum absolute atomic E-state index is 13.0. The van der Waals surface area contributed by atoms with Gasteiger partial charge < -0.3 is 10.5 Å². The van der Waals surface area contributed by atoms with Gasteiger partial charge in [-0.3, -0.25) is 9.79 Å². The summed E-state index contributed by atoms with van der Waals surface area (Å²) >= 11 is 0. The second-order valence-electron chi connectivity index (χ2n) is 12.9. The van der Waals surface area contributed by atoms with Crippen molar-refractivity contribution in [2.24, 2.45) is 28.5 Å². The quantitative estimate of drug-likeness (QED) is 0.295. The van der Waals surface area contributed by atoms with Crippen LogP contribution in [0.25, 0.3) is 11.1 Å². The van der Waals surface area contributed by atoms with E-state index in [0.29, 0.717) is 23.3 Å². The van der Waals surface area contributed by atoms with Crippen molar-refractivity contribution < 1.29 is 9.53 Å². The average Bonchev–Trinajstić information content (AvgIpc) is 2.90. The molecule has 0 radical (unpaired) electrons. The van der Waals surface area contributed by atoms with Crippen molar-refractivity contribution in [2.45, 2.75) is 110 Å². The number of fused-ring (bicyclic) bond motifs is 4. The van der Waals surface area contributed by atoms with Crippen LogP contribution in [0.3, 0.4) is 0 Å². The van der Waals surface area contributed by atoms with Crippen LogP contribution in [0.1, 0.15) is 137 Å². The Hall–Kier alpha value is -2.62. The lowest BCUT2D eigenvalue weighted by molar-refractivity contribution is 0.0999. The first-order chi connectivity index (χ1) is 18.8. The van der Waals surface area contributed by atoms with Crippen LogP contribution in [-0.2, 0) is 0 Å². The van der Waals surface area contributed by atoms with E-state index < -0.39 is 0 Å². The van der Waals surface area contributed by atoms with Gasteiger partial charge in [-0.1, -0.05) is 66.4 Å². The Kier molecular flexibility index (Phi) is 8.49. The molecule has 5 rings (SSSR count). The third-order valence-corrected chi connectivity index (χ3v) is 10.2. The van der Waals surface area contributed by atoms with Crippen molar-refractivity contribution in [3.8, 4) is 16.9 Å². The molecule has 39 heavy (non-hydrogen) atoms. The molecule has 4 heteroatoms. The van der Waals surface area contributed by atoms with Crippen LogP contribution in [-0.4, -0.2) is 18.7 Å². The number of unbranched alkanes of at least 4 members (excludes halogenated alkanes) is 2. The molecule has 2 N–H and O–H groups in total. The summed E-state index contributed by atoms with van der Waals surface area (Å²) in [5, 5.41) is 0. The van der Waals surface area contributed by atoms with E-state index in [0.717, 1.165) is 61.1 Å². The van der Waals surface area contributed by atoms with Crippen LogP contribution in [0.2, 0.25) is 0 Å². The van der Waals surface area contributed by atoms with E-state index in [9.17, 15) is 4.79 Å². The van der Waals surface area contributed by atoms with Crippen LogP contribution in [0, 0.1) is 17.8 Å². The zero-order valence-electron chi connectivity index (χ0n) is 24.8.